The van der Waals surface area contributed by atoms with Gasteiger partial charge in [0.05, 0.1) is 0 Å². The summed E-state index contributed by atoms with van der Waals surface area (Å²) in [6.45, 7) is 0. The van der Waals surface area contributed by atoms with Crippen molar-refractivity contribution < 1.29 is 14.7 Å². The Bertz CT molecular complexity index is 547. The lowest BCUT2D eigenvalue weighted by Gasteiger charge is -2.38. The van der Waals surface area contributed by atoms with Gasteiger partial charge in [-0.25, -0.2) is 4.79 Å². The first-order chi connectivity index (χ1) is 9.56. The van der Waals surface area contributed by atoms with Gasteiger partial charge in [0, 0.05) is 12.7 Å². The Morgan fingerprint density at radius 3 is 2.25 bits per heavy atom. The van der Waals surface area contributed by atoms with E-state index in [1.165, 1.54) is 4.90 Å². The van der Waals surface area contributed by atoms with Crippen LogP contribution in [0.1, 0.15) is 32.1 Å². The van der Waals surface area contributed by atoms with Crippen molar-refractivity contribution in [3.05, 3.63) is 24.3 Å². The normalized spacial score (nSPS) is 21.9. The van der Waals surface area contributed by atoms with Crippen LogP contribution in [0.25, 0.3) is 0 Å². The number of nitrogens with zero attached hydrogens (tertiary/aromatic N) is 2. The van der Waals surface area contributed by atoms with Gasteiger partial charge < -0.3 is 5.11 Å². The Balaban J connectivity index is 2.07. The van der Waals surface area contributed by atoms with E-state index in [4.69, 9.17) is 0 Å². The Labute approximate surface area is 117 Å². The molecule has 106 valence electrons. The highest BCUT2D eigenvalue weighted by Gasteiger charge is 2.56. The van der Waals surface area contributed by atoms with E-state index in [1.807, 2.05) is 0 Å². The lowest BCUT2D eigenvalue weighted by atomic mass is 9.80. The van der Waals surface area contributed by atoms with Gasteiger partial charge in [-0.2, -0.15) is 0 Å². The minimum Gasteiger partial charge on any atom is -0.508 e. The largest absolute Gasteiger partial charge is 0.508 e. The molecule has 5 heteroatoms. The molecule has 0 aromatic heterocycles. The van der Waals surface area contributed by atoms with Crippen molar-refractivity contribution in [1.29, 1.82) is 0 Å². The van der Waals surface area contributed by atoms with Crippen LogP contribution in [-0.2, 0) is 4.79 Å². The number of anilines is 1. The molecule has 1 aliphatic heterocycles. The van der Waals surface area contributed by atoms with E-state index in [2.05, 4.69) is 0 Å². The Morgan fingerprint density at radius 1 is 1.05 bits per heavy atom. The molecule has 1 spiro atoms. The zero-order chi connectivity index (χ0) is 14.3. The SMILES string of the molecule is CN1C(=O)N(c2ccc(O)cc2)C2(CCCCC2)C1=O. The monoisotopic (exact) mass is 274 g/mol. The van der Waals surface area contributed by atoms with Crippen molar-refractivity contribution in [2.75, 3.05) is 11.9 Å². The van der Waals surface area contributed by atoms with Crippen LogP contribution >= 0.6 is 0 Å². The Morgan fingerprint density at radius 2 is 1.65 bits per heavy atom. The van der Waals surface area contributed by atoms with Crippen molar-refractivity contribution in [3.63, 3.8) is 0 Å². The average molecular weight is 274 g/mol. The molecule has 2 aliphatic rings. The first-order valence-electron chi connectivity index (χ1n) is 6.98. The predicted octanol–water partition coefficient (Wildman–Crippen LogP) is 2.49. The van der Waals surface area contributed by atoms with Crippen LogP contribution in [0.15, 0.2) is 24.3 Å². The third-order valence-electron chi connectivity index (χ3n) is 4.40. The quantitative estimate of drug-likeness (QED) is 0.800. The maximum Gasteiger partial charge on any atom is 0.331 e. The Kier molecular flexibility index (Phi) is 2.92. The standard InChI is InChI=1S/C15H18N2O3/c1-16-13(19)15(9-3-2-4-10-15)17(14(16)20)11-5-7-12(18)8-6-11/h5-8,18H,2-4,9-10H2,1H3. The fourth-order valence-corrected chi connectivity index (χ4v) is 3.36. The van der Waals surface area contributed by atoms with E-state index in [0.29, 0.717) is 18.5 Å². The van der Waals surface area contributed by atoms with Crippen molar-refractivity contribution >= 4 is 17.6 Å². The van der Waals surface area contributed by atoms with Crippen LogP contribution in [0.5, 0.6) is 5.75 Å². The molecule has 5 nitrogen and oxygen atoms in total. The molecule has 3 amide bonds. The molecule has 1 N–H and O–H groups in total. The topological polar surface area (TPSA) is 60.9 Å². The molecule has 3 rings (SSSR count). The summed E-state index contributed by atoms with van der Waals surface area (Å²) in [5.41, 5.74) is -0.0477. The highest BCUT2D eigenvalue weighted by Crippen LogP contribution is 2.42. The summed E-state index contributed by atoms with van der Waals surface area (Å²) in [5, 5.41) is 9.39. The first kappa shape index (κ1) is 13.0. The van der Waals surface area contributed by atoms with Gasteiger partial charge >= 0.3 is 6.03 Å². The highest BCUT2D eigenvalue weighted by atomic mass is 16.3. The maximum absolute atomic E-state index is 12.6. The molecule has 0 bridgehead atoms. The molecule has 0 atom stereocenters. The molecule has 2 fully saturated rings. The molecular formula is C15H18N2O3. The number of aromatic hydroxyl groups is 1. The number of phenols is 1. The molecule has 1 heterocycles. The van der Waals surface area contributed by atoms with Crippen LogP contribution in [0.2, 0.25) is 0 Å². The van der Waals surface area contributed by atoms with Crippen LogP contribution in [0, 0.1) is 0 Å². The summed E-state index contributed by atoms with van der Waals surface area (Å²) in [5.74, 6) is 0.0491. The number of amides is 3. The lowest BCUT2D eigenvalue weighted by molar-refractivity contribution is -0.130. The number of hydrogen-bond acceptors (Lipinski definition) is 3. The van der Waals surface area contributed by atoms with E-state index in [9.17, 15) is 14.7 Å². The highest BCUT2D eigenvalue weighted by molar-refractivity contribution is 6.16. The maximum atomic E-state index is 12.6. The smallest absolute Gasteiger partial charge is 0.331 e. The molecule has 1 saturated heterocycles. The summed E-state index contributed by atoms with van der Waals surface area (Å²) >= 11 is 0. The molecule has 1 aromatic rings. The number of rotatable bonds is 1. The molecule has 0 unspecified atom stereocenters. The third kappa shape index (κ3) is 1.69. The number of benzene rings is 1. The minimum absolute atomic E-state index is 0.102. The fourth-order valence-electron chi connectivity index (χ4n) is 3.36. The predicted molar refractivity (Wildman–Crippen MR) is 74.6 cm³/mol. The molecule has 1 aliphatic carbocycles. The number of carbonyl (C=O) groups excluding carboxylic acids is 2. The van der Waals surface area contributed by atoms with Crippen molar-refractivity contribution in [1.82, 2.24) is 4.90 Å². The summed E-state index contributed by atoms with van der Waals surface area (Å²) < 4.78 is 0. The van der Waals surface area contributed by atoms with Gasteiger partial charge in [0.1, 0.15) is 11.3 Å². The van der Waals surface area contributed by atoms with E-state index < -0.39 is 5.54 Å². The van der Waals surface area contributed by atoms with Crippen LogP contribution < -0.4 is 4.90 Å². The number of carbonyl (C=O) groups is 2. The number of phenolic OH excluding ortho intramolecular Hbond substituents is 1. The summed E-state index contributed by atoms with van der Waals surface area (Å²) in [4.78, 5) is 27.8. The van der Waals surface area contributed by atoms with Crippen molar-refractivity contribution in [2.24, 2.45) is 0 Å². The number of imide groups is 1. The van der Waals surface area contributed by atoms with Crippen molar-refractivity contribution in [2.45, 2.75) is 37.6 Å². The van der Waals surface area contributed by atoms with E-state index in [1.54, 1.807) is 36.2 Å². The van der Waals surface area contributed by atoms with Gasteiger partial charge in [-0.15, -0.1) is 0 Å². The van der Waals surface area contributed by atoms with Gasteiger partial charge in [0.15, 0.2) is 0 Å². The molecule has 1 aromatic carbocycles. The van der Waals surface area contributed by atoms with E-state index in [0.717, 1.165) is 19.3 Å². The van der Waals surface area contributed by atoms with Gasteiger partial charge in [-0.05, 0) is 37.1 Å². The second-order valence-electron chi connectivity index (χ2n) is 5.59. The third-order valence-corrected chi connectivity index (χ3v) is 4.40. The molecule has 20 heavy (non-hydrogen) atoms. The summed E-state index contributed by atoms with van der Waals surface area (Å²) in [6, 6.07) is 6.19. The average Bonchev–Trinajstić information content (AvgIpc) is 2.64. The second kappa shape index (κ2) is 4.51. The fraction of sp³-hybridized carbons (Fsp3) is 0.467. The molecule has 1 saturated carbocycles. The zero-order valence-corrected chi connectivity index (χ0v) is 11.5. The van der Waals surface area contributed by atoms with Gasteiger partial charge in [-0.1, -0.05) is 19.3 Å². The number of urea groups is 1. The molecular weight excluding hydrogens is 256 g/mol. The molecule has 0 radical (unpaired) electrons. The summed E-state index contributed by atoms with van der Waals surface area (Å²) in [7, 11) is 1.54. The van der Waals surface area contributed by atoms with Crippen LogP contribution in [-0.4, -0.2) is 34.5 Å². The van der Waals surface area contributed by atoms with E-state index in [-0.39, 0.29) is 17.7 Å². The zero-order valence-electron chi connectivity index (χ0n) is 11.5. The minimum atomic E-state index is -0.721. The number of likely N-dealkylation sites (N-methyl/N-ethyl adjacent to an activating group) is 1. The first-order valence-corrected chi connectivity index (χ1v) is 6.98. The Hall–Kier alpha value is -2.04. The van der Waals surface area contributed by atoms with Crippen LogP contribution in [0.3, 0.4) is 0 Å². The summed E-state index contributed by atoms with van der Waals surface area (Å²) in [6.07, 6.45) is 4.45. The number of hydrogen-bond donors (Lipinski definition) is 1. The second-order valence-corrected chi connectivity index (χ2v) is 5.59. The van der Waals surface area contributed by atoms with Crippen molar-refractivity contribution in [3.8, 4) is 5.75 Å². The lowest BCUT2D eigenvalue weighted by Crippen LogP contribution is -2.51. The van der Waals surface area contributed by atoms with Crippen LogP contribution in [0.4, 0.5) is 10.5 Å². The van der Waals surface area contributed by atoms with Gasteiger partial charge in [0.25, 0.3) is 5.91 Å². The van der Waals surface area contributed by atoms with Gasteiger partial charge in [0.2, 0.25) is 0 Å². The van der Waals surface area contributed by atoms with Gasteiger partial charge in [-0.3, -0.25) is 14.6 Å². The van der Waals surface area contributed by atoms with E-state index >= 15 is 0 Å².